The maximum absolute atomic E-state index is 12.8. The first-order chi connectivity index (χ1) is 10.4. The van der Waals surface area contributed by atoms with Crippen LogP contribution in [0.3, 0.4) is 0 Å². The van der Waals surface area contributed by atoms with E-state index < -0.39 is 21.7 Å². The van der Waals surface area contributed by atoms with Crippen molar-refractivity contribution in [2.45, 2.75) is 11.3 Å². The van der Waals surface area contributed by atoms with Crippen LogP contribution >= 0.6 is 11.3 Å². The number of benzene rings is 1. The Bertz CT molecular complexity index is 823. The van der Waals surface area contributed by atoms with E-state index in [9.17, 15) is 17.6 Å². The highest BCUT2D eigenvalue weighted by molar-refractivity contribution is 7.89. The van der Waals surface area contributed by atoms with Crippen LogP contribution in [0.2, 0.25) is 0 Å². The summed E-state index contributed by atoms with van der Waals surface area (Å²) in [5.74, 6) is -0.934. The lowest BCUT2D eigenvalue weighted by molar-refractivity contribution is -0.117. The Morgan fingerprint density at radius 3 is 2.64 bits per heavy atom. The number of aryl methyl sites for hydroxylation is 1. The van der Waals surface area contributed by atoms with Gasteiger partial charge in [-0.1, -0.05) is 0 Å². The zero-order chi connectivity index (χ0) is 16.2. The molecule has 0 bridgehead atoms. The first kappa shape index (κ1) is 16.5. The molecule has 0 spiro atoms. The molecule has 1 aromatic carbocycles. The van der Waals surface area contributed by atoms with E-state index in [4.69, 9.17) is 0 Å². The molecule has 1 amide bonds. The fraction of sp³-hybridized carbons (Fsp3) is 0.231. The van der Waals surface area contributed by atoms with Crippen molar-refractivity contribution in [2.24, 2.45) is 12.0 Å². The minimum Gasteiger partial charge on any atom is -0.327 e. The van der Waals surface area contributed by atoms with Crippen LogP contribution in [-0.2, 0) is 21.9 Å². The van der Waals surface area contributed by atoms with Gasteiger partial charge in [-0.15, -0.1) is 11.3 Å². The highest BCUT2D eigenvalue weighted by Gasteiger charge is 2.14. The van der Waals surface area contributed by atoms with Crippen molar-refractivity contribution in [1.82, 2.24) is 9.29 Å². The molecule has 0 atom stereocenters. The lowest BCUT2D eigenvalue weighted by atomic mass is 10.4. The van der Waals surface area contributed by atoms with E-state index in [2.05, 4.69) is 9.71 Å². The predicted octanol–water partition coefficient (Wildman–Crippen LogP) is 1.02. The Morgan fingerprint density at radius 2 is 2.05 bits per heavy atom. The van der Waals surface area contributed by atoms with Crippen molar-refractivity contribution >= 4 is 27.3 Å². The van der Waals surface area contributed by atoms with E-state index >= 15 is 0 Å². The molecule has 0 aliphatic rings. The van der Waals surface area contributed by atoms with Gasteiger partial charge in [0.25, 0.3) is 0 Å². The Morgan fingerprint density at radius 1 is 1.36 bits per heavy atom. The number of nitrogens with zero attached hydrogens (tertiary/aromatic N) is 2. The summed E-state index contributed by atoms with van der Waals surface area (Å²) in [6.45, 7) is -0.0723. The van der Waals surface area contributed by atoms with E-state index in [-0.39, 0.29) is 17.9 Å². The molecule has 0 radical (unpaired) electrons. The predicted molar refractivity (Wildman–Crippen MR) is 80.1 cm³/mol. The van der Waals surface area contributed by atoms with Crippen LogP contribution in [0.4, 0.5) is 4.39 Å². The van der Waals surface area contributed by atoms with Crippen LogP contribution in [0, 0.1) is 5.82 Å². The number of aromatic nitrogens is 1. The van der Waals surface area contributed by atoms with Crippen LogP contribution in [0.25, 0.3) is 0 Å². The monoisotopic (exact) mass is 343 g/mol. The van der Waals surface area contributed by atoms with Crippen LogP contribution in [0.15, 0.2) is 45.7 Å². The van der Waals surface area contributed by atoms with Gasteiger partial charge in [0.1, 0.15) is 5.82 Å². The third-order valence-corrected chi connectivity index (χ3v) is 5.06. The van der Waals surface area contributed by atoms with Gasteiger partial charge in [0.2, 0.25) is 15.9 Å². The molecule has 9 heteroatoms. The average Bonchev–Trinajstić information content (AvgIpc) is 2.84. The smallest absolute Gasteiger partial charge is 0.249 e. The summed E-state index contributed by atoms with van der Waals surface area (Å²) in [5.41, 5.74) is 0. The van der Waals surface area contributed by atoms with Crippen LogP contribution in [0.1, 0.15) is 6.42 Å². The van der Waals surface area contributed by atoms with Gasteiger partial charge >= 0.3 is 0 Å². The minimum absolute atomic E-state index is 0.0528. The molecular weight excluding hydrogens is 329 g/mol. The number of carbonyl (C=O) groups is 1. The van der Waals surface area contributed by atoms with E-state index in [0.29, 0.717) is 4.80 Å². The van der Waals surface area contributed by atoms with E-state index in [1.807, 2.05) is 0 Å². The number of nitrogens with one attached hydrogen (secondary N) is 1. The average molecular weight is 343 g/mol. The van der Waals surface area contributed by atoms with E-state index in [1.165, 1.54) is 11.3 Å². The van der Waals surface area contributed by atoms with Crippen molar-refractivity contribution < 1.29 is 17.6 Å². The Kier molecular flexibility index (Phi) is 5.22. The second kappa shape index (κ2) is 6.95. The normalized spacial score (nSPS) is 12.5. The fourth-order valence-corrected chi connectivity index (χ4v) is 3.37. The van der Waals surface area contributed by atoms with Gasteiger partial charge in [-0.2, -0.15) is 4.99 Å². The van der Waals surface area contributed by atoms with Gasteiger partial charge in [-0.25, -0.2) is 17.5 Å². The first-order valence-corrected chi connectivity index (χ1v) is 8.68. The number of hydrogen-bond acceptors (Lipinski definition) is 4. The number of rotatable bonds is 5. The molecule has 0 aliphatic carbocycles. The molecule has 118 valence electrons. The summed E-state index contributed by atoms with van der Waals surface area (Å²) >= 11 is 1.32. The summed E-state index contributed by atoms with van der Waals surface area (Å²) in [7, 11) is -1.99. The van der Waals surface area contributed by atoms with Crippen LogP contribution < -0.4 is 9.52 Å². The SMILES string of the molecule is Cn1ccsc1=NC(=O)CCNS(=O)(=O)c1ccc(F)cc1. The number of amides is 1. The molecule has 0 fully saturated rings. The molecule has 0 saturated heterocycles. The van der Waals surface area contributed by atoms with Gasteiger partial charge < -0.3 is 4.57 Å². The molecule has 6 nitrogen and oxygen atoms in total. The molecule has 1 aromatic heterocycles. The minimum atomic E-state index is -3.76. The molecule has 0 saturated carbocycles. The zero-order valence-corrected chi connectivity index (χ0v) is 13.3. The lowest BCUT2D eigenvalue weighted by Crippen LogP contribution is -2.26. The van der Waals surface area contributed by atoms with Crippen molar-refractivity contribution in [3.8, 4) is 0 Å². The molecule has 2 rings (SSSR count). The number of hydrogen-bond donors (Lipinski definition) is 1. The van der Waals surface area contributed by atoms with Gasteiger partial charge in [0.05, 0.1) is 4.90 Å². The quantitative estimate of drug-likeness (QED) is 0.880. The molecule has 0 aliphatic heterocycles. The zero-order valence-electron chi connectivity index (χ0n) is 11.7. The van der Waals surface area contributed by atoms with Gasteiger partial charge in [0, 0.05) is 31.6 Å². The lowest BCUT2D eigenvalue weighted by Gasteiger charge is -2.05. The Hall–Kier alpha value is -1.84. The van der Waals surface area contributed by atoms with E-state index in [0.717, 1.165) is 24.3 Å². The summed E-state index contributed by atoms with van der Waals surface area (Å²) < 4.78 is 40.6. The van der Waals surface area contributed by atoms with Gasteiger partial charge in [-0.3, -0.25) is 4.79 Å². The largest absolute Gasteiger partial charge is 0.327 e. The third-order valence-electron chi connectivity index (χ3n) is 2.73. The molecule has 1 N–H and O–H groups in total. The number of sulfonamides is 1. The maximum atomic E-state index is 12.8. The molecule has 22 heavy (non-hydrogen) atoms. The summed E-state index contributed by atoms with van der Waals surface area (Å²) in [5, 5.41) is 1.79. The molecule has 1 heterocycles. The molecule has 0 unspecified atom stereocenters. The highest BCUT2D eigenvalue weighted by atomic mass is 32.2. The Balaban J connectivity index is 1.94. The summed E-state index contributed by atoms with van der Waals surface area (Å²) in [6, 6.07) is 4.45. The third kappa shape index (κ3) is 4.33. The Labute approximate surface area is 131 Å². The number of thiazole rings is 1. The standard InChI is InChI=1S/C13H14FN3O3S2/c1-17-8-9-21-13(17)16-12(18)6-7-15-22(19,20)11-4-2-10(14)3-5-11/h2-5,8-9,15H,6-7H2,1H3. The molecule has 2 aromatic rings. The van der Waals surface area contributed by atoms with Crippen molar-refractivity contribution in [1.29, 1.82) is 0 Å². The second-order valence-corrected chi connectivity index (χ2v) is 7.04. The van der Waals surface area contributed by atoms with Gasteiger partial charge in [-0.05, 0) is 24.3 Å². The van der Waals surface area contributed by atoms with Crippen LogP contribution in [-0.4, -0.2) is 25.4 Å². The maximum Gasteiger partial charge on any atom is 0.249 e. The number of halogens is 1. The van der Waals surface area contributed by atoms with E-state index in [1.54, 1.807) is 23.2 Å². The van der Waals surface area contributed by atoms with Gasteiger partial charge in [0.15, 0.2) is 4.80 Å². The fourth-order valence-electron chi connectivity index (χ4n) is 1.59. The topological polar surface area (TPSA) is 80.5 Å². The van der Waals surface area contributed by atoms with Crippen LogP contribution in [0.5, 0.6) is 0 Å². The second-order valence-electron chi connectivity index (χ2n) is 4.40. The van der Waals surface area contributed by atoms with Crippen molar-refractivity contribution in [3.63, 3.8) is 0 Å². The summed E-state index contributed by atoms with van der Waals surface area (Å²) in [4.78, 5) is 16.0. The summed E-state index contributed by atoms with van der Waals surface area (Å²) in [6.07, 6.45) is 1.71. The first-order valence-electron chi connectivity index (χ1n) is 6.31. The number of carbonyl (C=O) groups excluding carboxylic acids is 1. The van der Waals surface area contributed by atoms with Crippen molar-refractivity contribution in [3.05, 3.63) is 46.5 Å². The highest BCUT2D eigenvalue weighted by Crippen LogP contribution is 2.09. The van der Waals surface area contributed by atoms with Crippen molar-refractivity contribution in [2.75, 3.05) is 6.54 Å². The molecular formula is C13H14FN3O3S2.